The molecule has 1 aromatic heterocycles. The van der Waals surface area contributed by atoms with Crippen LogP contribution < -0.4 is 10.1 Å². The first-order chi connectivity index (χ1) is 11.2. The lowest BCUT2D eigenvalue weighted by molar-refractivity contribution is 0.414. The smallest absolute Gasteiger partial charge is 0.119 e. The second-order valence-electron chi connectivity index (χ2n) is 5.90. The van der Waals surface area contributed by atoms with Gasteiger partial charge in [0.05, 0.1) is 12.6 Å². The molecule has 1 atom stereocenters. The quantitative estimate of drug-likeness (QED) is 0.771. The van der Waals surface area contributed by atoms with Gasteiger partial charge in [-0.05, 0) is 60.4 Å². The molecule has 1 aliphatic rings. The van der Waals surface area contributed by atoms with E-state index >= 15 is 0 Å². The van der Waals surface area contributed by atoms with Crippen molar-refractivity contribution >= 4 is 28.2 Å². The number of benzene rings is 2. The summed E-state index contributed by atoms with van der Waals surface area (Å²) in [5, 5.41) is 5.48. The Morgan fingerprint density at radius 3 is 2.83 bits per heavy atom. The molecule has 1 N–H and O–H groups in total. The van der Waals surface area contributed by atoms with Crippen LogP contribution >= 0.6 is 11.6 Å². The summed E-state index contributed by atoms with van der Waals surface area (Å²) in [5.74, 6) is 0.924. The molecule has 1 aliphatic carbocycles. The minimum atomic E-state index is 0.387. The molecule has 0 bridgehead atoms. The van der Waals surface area contributed by atoms with Gasteiger partial charge in [-0.25, -0.2) is 0 Å². The zero-order chi connectivity index (χ0) is 15.8. The molecule has 3 nitrogen and oxygen atoms in total. The van der Waals surface area contributed by atoms with Gasteiger partial charge in [-0.3, -0.25) is 4.98 Å². The van der Waals surface area contributed by atoms with Crippen molar-refractivity contribution in [3.63, 3.8) is 0 Å². The van der Waals surface area contributed by atoms with Gasteiger partial charge in [-0.15, -0.1) is 0 Å². The first-order valence-corrected chi connectivity index (χ1v) is 8.07. The highest BCUT2D eigenvalue weighted by Crippen LogP contribution is 2.30. The van der Waals surface area contributed by atoms with E-state index in [4.69, 9.17) is 16.3 Å². The number of fused-ring (bicyclic) bond motifs is 2. The maximum Gasteiger partial charge on any atom is 0.119 e. The summed E-state index contributed by atoms with van der Waals surface area (Å²) in [6, 6.07) is 14.6. The summed E-state index contributed by atoms with van der Waals surface area (Å²) in [5.41, 5.74) is 4.78. The van der Waals surface area contributed by atoms with Gasteiger partial charge in [0.15, 0.2) is 0 Å². The van der Waals surface area contributed by atoms with Crippen LogP contribution in [0.4, 0.5) is 5.69 Å². The number of aromatic nitrogens is 1. The number of nitrogens with one attached hydrogen (secondary N) is 1. The molecule has 0 amide bonds. The van der Waals surface area contributed by atoms with Gasteiger partial charge in [0.2, 0.25) is 0 Å². The van der Waals surface area contributed by atoms with E-state index in [0.29, 0.717) is 11.1 Å². The molecule has 0 saturated carbocycles. The van der Waals surface area contributed by atoms with Crippen molar-refractivity contribution in [2.24, 2.45) is 0 Å². The number of ether oxygens (including phenoxy) is 1. The maximum atomic E-state index is 6.06. The molecule has 0 radical (unpaired) electrons. The van der Waals surface area contributed by atoms with Crippen LogP contribution in [0.25, 0.3) is 10.9 Å². The maximum absolute atomic E-state index is 6.06. The van der Waals surface area contributed by atoms with Crippen LogP contribution in [0.15, 0.2) is 48.7 Å². The van der Waals surface area contributed by atoms with E-state index in [1.54, 1.807) is 7.11 Å². The van der Waals surface area contributed by atoms with Crippen LogP contribution in [0.2, 0.25) is 5.02 Å². The highest BCUT2D eigenvalue weighted by molar-refractivity contribution is 6.31. The van der Waals surface area contributed by atoms with Crippen LogP contribution in [0.1, 0.15) is 11.1 Å². The summed E-state index contributed by atoms with van der Waals surface area (Å²) in [6.45, 7) is 0. The van der Waals surface area contributed by atoms with E-state index in [0.717, 1.165) is 35.2 Å². The Hall–Kier alpha value is -2.26. The van der Waals surface area contributed by atoms with Gasteiger partial charge in [0.1, 0.15) is 5.75 Å². The van der Waals surface area contributed by atoms with Crippen molar-refractivity contribution in [2.75, 3.05) is 12.4 Å². The number of halogens is 1. The van der Waals surface area contributed by atoms with Crippen molar-refractivity contribution in [3.8, 4) is 5.75 Å². The van der Waals surface area contributed by atoms with Crippen LogP contribution in [0.5, 0.6) is 5.75 Å². The Labute approximate surface area is 140 Å². The van der Waals surface area contributed by atoms with E-state index in [1.807, 2.05) is 36.5 Å². The second-order valence-corrected chi connectivity index (χ2v) is 6.34. The van der Waals surface area contributed by atoms with Crippen LogP contribution in [0.3, 0.4) is 0 Å². The van der Waals surface area contributed by atoms with Gasteiger partial charge in [0, 0.05) is 28.3 Å². The Morgan fingerprint density at radius 2 is 1.96 bits per heavy atom. The SMILES string of the molecule is COc1ccc2c(c1)C[C@H](Nc1ccnc3cc(Cl)ccc13)C2. The first kappa shape index (κ1) is 14.3. The minimum absolute atomic E-state index is 0.387. The third kappa shape index (κ3) is 2.73. The van der Waals surface area contributed by atoms with E-state index in [1.165, 1.54) is 11.1 Å². The molecule has 3 aromatic rings. The molecular formula is C19H17ClN2O. The van der Waals surface area contributed by atoms with Gasteiger partial charge in [-0.1, -0.05) is 17.7 Å². The molecule has 0 fully saturated rings. The molecule has 1 heterocycles. The van der Waals surface area contributed by atoms with Crippen LogP contribution in [-0.4, -0.2) is 18.1 Å². The fourth-order valence-corrected chi connectivity index (χ4v) is 3.46. The Kier molecular flexibility index (Phi) is 3.58. The van der Waals surface area contributed by atoms with E-state index in [2.05, 4.69) is 22.4 Å². The molecule has 0 spiro atoms. The number of nitrogens with zero attached hydrogens (tertiary/aromatic N) is 1. The van der Waals surface area contributed by atoms with Gasteiger partial charge >= 0.3 is 0 Å². The number of anilines is 1. The third-order valence-electron chi connectivity index (χ3n) is 4.41. The lowest BCUT2D eigenvalue weighted by Crippen LogP contribution is -2.19. The minimum Gasteiger partial charge on any atom is -0.497 e. The topological polar surface area (TPSA) is 34.1 Å². The normalized spacial score (nSPS) is 16.3. The lowest BCUT2D eigenvalue weighted by atomic mass is 10.1. The largest absolute Gasteiger partial charge is 0.497 e. The monoisotopic (exact) mass is 324 g/mol. The Morgan fingerprint density at radius 1 is 1.09 bits per heavy atom. The summed E-state index contributed by atoms with van der Waals surface area (Å²) in [7, 11) is 1.71. The molecule has 0 aliphatic heterocycles. The molecule has 4 heteroatoms. The summed E-state index contributed by atoms with van der Waals surface area (Å²) >= 11 is 6.06. The van der Waals surface area contributed by atoms with Crippen molar-refractivity contribution in [3.05, 3.63) is 64.8 Å². The first-order valence-electron chi connectivity index (χ1n) is 7.69. The fraction of sp³-hybridized carbons (Fsp3) is 0.211. The fourth-order valence-electron chi connectivity index (χ4n) is 3.29. The van der Waals surface area contributed by atoms with Crippen molar-refractivity contribution < 1.29 is 4.74 Å². The van der Waals surface area contributed by atoms with Crippen LogP contribution in [0, 0.1) is 0 Å². The van der Waals surface area contributed by atoms with Crippen molar-refractivity contribution in [2.45, 2.75) is 18.9 Å². The average Bonchev–Trinajstić information content (AvgIpc) is 2.96. The number of rotatable bonds is 3. The van der Waals surface area contributed by atoms with Crippen molar-refractivity contribution in [1.82, 2.24) is 4.98 Å². The van der Waals surface area contributed by atoms with E-state index in [9.17, 15) is 0 Å². The zero-order valence-electron chi connectivity index (χ0n) is 12.8. The molecule has 2 aromatic carbocycles. The van der Waals surface area contributed by atoms with Crippen molar-refractivity contribution in [1.29, 1.82) is 0 Å². The van der Waals surface area contributed by atoms with Gasteiger partial charge < -0.3 is 10.1 Å². The second kappa shape index (κ2) is 5.74. The zero-order valence-corrected chi connectivity index (χ0v) is 13.6. The predicted octanol–water partition coefficient (Wildman–Crippen LogP) is 4.48. The van der Waals surface area contributed by atoms with Crippen LogP contribution in [-0.2, 0) is 12.8 Å². The number of pyridine rings is 1. The summed E-state index contributed by atoms with van der Waals surface area (Å²) in [6.07, 6.45) is 3.85. The standard InChI is InChI=1S/C19H17ClN2O/c1-23-16-4-2-12-8-15(9-13(12)10-16)22-18-6-7-21-19-11-14(20)3-5-17(18)19/h2-7,10-11,15H,8-9H2,1H3,(H,21,22)/t15-/m1/s1. The number of methoxy groups -OCH3 is 1. The van der Waals surface area contributed by atoms with E-state index < -0.39 is 0 Å². The third-order valence-corrected chi connectivity index (χ3v) is 4.65. The molecule has 0 unspecified atom stereocenters. The lowest BCUT2D eigenvalue weighted by Gasteiger charge is -2.15. The predicted molar refractivity (Wildman–Crippen MR) is 94.6 cm³/mol. The molecule has 116 valence electrons. The Balaban J connectivity index is 1.60. The highest BCUT2D eigenvalue weighted by Gasteiger charge is 2.22. The highest BCUT2D eigenvalue weighted by atomic mass is 35.5. The molecule has 0 saturated heterocycles. The van der Waals surface area contributed by atoms with E-state index in [-0.39, 0.29) is 0 Å². The summed E-state index contributed by atoms with van der Waals surface area (Å²) < 4.78 is 5.32. The molecule has 4 rings (SSSR count). The van der Waals surface area contributed by atoms with Gasteiger partial charge in [0.25, 0.3) is 0 Å². The number of hydrogen-bond donors (Lipinski definition) is 1. The molecular weight excluding hydrogens is 308 g/mol. The molecule has 23 heavy (non-hydrogen) atoms. The Bertz CT molecular complexity index is 878. The summed E-state index contributed by atoms with van der Waals surface area (Å²) in [4.78, 5) is 4.40. The average molecular weight is 325 g/mol. The number of hydrogen-bond acceptors (Lipinski definition) is 3. The van der Waals surface area contributed by atoms with Gasteiger partial charge in [-0.2, -0.15) is 0 Å².